The summed E-state index contributed by atoms with van der Waals surface area (Å²) >= 11 is 0. The lowest BCUT2D eigenvalue weighted by atomic mass is 9.92. The van der Waals surface area contributed by atoms with E-state index in [1.54, 1.807) is 0 Å². The van der Waals surface area contributed by atoms with Crippen LogP contribution in [0.1, 0.15) is 18.7 Å². The number of likely N-dealkylation sites (tertiary alicyclic amines) is 1. The van der Waals surface area contributed by atoms with Gasteiger partial charge in [0.2, 0.25) is 11.8 Å². The topological polar surface area (TPSA) is 330 Å². The van der Waals surface area contributed by atoms with Gasteiger partial charge in [0.15, 0.2) is 12.3 Å². The van der Waals surface area contributed by atoms with Crippen LogP contribution >= 0.6 is 0 Å². The van der Waals surface area contributed by atoms with Gasteiger partial charge < -0.3 is 61.8 Å². The van der Waals surface area contributed by atoms with E-state index < -0.39 is 103 Å². The highest BCUT2D eigenvalue weighted by molar-refractivity contribution is 5.95. The third-order valence-electron chi connectivity index (χ3n) is 7.02. The van der Waals surface area contributed by atoms with Crippen molar-refractivity contribution in [2.45, 2.75) is 68.4 Å². The molecule has 0 radical (unpaired) electrons. The van der Waals surface area contributed by atoms with Crippen molar-refractivity contribution in [2.24, 2.45) is 11.5 Å². The van der Waals surface area contributed by atoms with Gasteiger partial charge in [-0.15, -0.1) is 0 Å². The molecule has 1 aromatic heterocycles. The van der Waals surface area contributed by atoms with E-state index in [1.807, 2.05) is 4.98 Å². The number of carbonyl (C=O) groups excluding carboxylic acids is 3. The van der Waals surface area contributed by atoms with E-state index in [1.165, 1.54) is 13.0 Å². The van der Waals surface area contributed by atoms with Crippen molar-refractivity contribution in [3.63, 3.8) is 0 Å². The molecule has 0 aliphatic carbocycles. The molecule has 3 rings (SSSR count). The number of aromatic nitrogens is 2. The highest BCUT2D eigenvalue weighted by Gasteiger charge is 2.54. The number of nitrogens with zero attached hydrogens (tertiary/aromatic N) is 2. The van der Waals surface area contributed by atoms with Crippen LogP contribution in [-0.2, 0) is 30.5 Å². The molecule has 0 saturated carbocycles. The van der Waals surface area contributed by atoms with E-state index >= 15 is 0 Å². The van der Waals surface area contributed by atoms with Crippen LogP contribution in [0.4, 0.5) is 4.79 Å². The molecule has 2 fully saturated rings. The number of nitrogens with one attached hydrogen (secondary N) is 2. The Morgan fingerprint density at radius 3 is 2.44 bits per heavy atom. The molecule has 1 aromatic rings. The molecule has 2 saturated heterocycles. The Bertz CT molecular complexity index is 1390. The average molecular weight is 617 g/mol. The second-order valence-electron chi connectivity index (χ2n) is 9.72. The number of allylic oxidation sites excluding steroid dienone is 1. The molecule has 2 aliphatic rings. The number of carboxylic acid groups (broad SMARTS) is 1. The number of primary amides is 1. The summed E-state index contributed by atoms with van der Waals surface area (Å²) in [6.07, 6.45) is -10.7. The molecule has 3 amide bonds. The Morgan fingerprint density at radius 1 is 1.23 bits per heavy atom. The number of aliphatic hydroxyl groups is 5. The molecule has 0 aromatic carbocycles. The third-order valence-corrected chi connectivity index (χ3v) is 7.02. The lowest BCUT2D eigenvalue weighted by molar-refractivity contribution is -0.157. The molecule has 20 heteroatoms. The lowest BCUT2D eigenvalue weighted by Crippen LogP contribution is -2.67. The summed E-state index contributed by atoms with van der Waals surface area (Å²) in [6.45, 7) is -0.350. The van der Waals surface area contributed by atoms with Crippen molar-refractivity contribution in [1.82, 2.24) is 19.8 Å². The fourth-order valence-corrected chi connectivity index (χ4v) is 4.60. The highest BCUT2D eigenvalue weighted by atomic mass is 16.6. The molecule has 0 spiro atoms. The summed E-state index contributed by atoms with van der Waals surface area (Å²) < 4.78 is 10.6. The van der Waals surface area contributed by atoms with Crippen molar-refractivity contribution in [2.75, 3.05) is 13.2 Å². The van der Waals surface area contributed by atoms with E-state index in [0.29, 0.717) is 10.1 Å². The number of carboxylic acids is 1. The zero-order chi connectivity index (χ0) is 32.3. The zero-order valence-corrected chi connectivity index (χ0v) is 22.5. The number of carbonyl (C=O) groups is 4. The second-order valence-corrected chi connectivity index (χ2v) is 9.72. The molecule has 1 unspecified atom stereocenters. The van der Waals surface area contributed by atoms with Crippen molar-refractivity contribution in [3.8, 4) is 0 Å². The van der Waals surface area contributed by atoms with Gasteiger partial charge in [-0.05, 0) is 12.5 Å². The number of rotatable bonds is 11. The van der Waals surface area contributed by atoms with E-state index in [0.717, 1.165) is 11.1 Å². The second kappa shape index (κ2) is 13.4. The molecule has 20 nitrogen and oxygen atoms in total. The predicted molar refractivity (Wildman–Crippen MR) is 138 cm³/mol. The van der Waals surface area contributed by atoms with Crippen LogP contribution in [0.5, 0.6) is 0 Å². The Hall–Kier alpha value is -4.18. The lowest BCUT2D eigenvalue weighted by Gasteiger charge is -2.43. The summed E-state index contributed by atoms with van der Waals surface area (Å²) in [5.41, 5.74) is 8.46. The maximum atomic E-state index is 13.6. The number of H-pyrrole nitrogens is 1. The van der Waals surface area contributed by atoms with Crippen LogP contribution in [0.3, 0.4) is 0 Å². The van der Waals surface area contributed by atoms with Gasteiger partial charge in [-0.3, -0.25) is 23.9 Å². The molecule has 0 bridgehead atoms. The predicted octanol–water partition coefficient (Wildman–Crippen LogP) is -6.48. The minimum atomic E-state index is -2.09. The monoisotopic (exact) mass is 616 g/mol. The van der Waals surface area contributed by atoms with Crippen LogP contribution < -0.4 is 28.0 Å². The number of ether oxygens (including phenoxy) is 2. The van der Waals surface area contributed by atoms with Gasteiger partial charge in [-0.1, -0.05) is 6.08 Å². The fourth-order valence-electron chi connectivity index (χ4n) is 4.60. The summed E-state index contributed by atoms with van der Waals surface area (Å²) in [4.78, 5) is 76.2. The van der Waals surface area contributed by atoms with E-state index in [4.69, 9.17) is 16.2 Å². The molecular formula is C23H32N6O14. The first-order chi connectivity index (χ1) is 20.1. The molecule has 43 heavy (non-hydrogen) atoms. The molecule has 238 valence electrons. The average Bonchev–Trinajstić information content (AvgIpc) is 3.22. The number of aromatic amines is 1. The molecule has 9 atom stereocenters. The van der Waals surface area contributed by atoms with E-state index in [2.05, 4.69) is 10.1 Å². The molecule has 2 aliphatic heterocycles. The first-order valence-electron chi connectivity index (χ1n) is 12.6. The van der Waals surface area contributed by atoms with E-state index in [9.17, 15) is 59.4 Å². The Balaban J connectivity index is 1.95. The molecule has 3 heterocycles. The van der Waals surface area contributed by atoms with Crippen LogP contribution in [0.15, 0.2) is 27.4 Å². The zero-order valence-electron chi connectivity index (χ0n) is 22.5. The van der Waals surface area contributed by atoms with Gasteiger partial charge in [0, 0.05) is 12.7 Å². The van der Waals surface area contributed by atoms with Gasteiger partial charge >= 0.3 is 17.8 Å². The van der Waals surface area contributed by atoms with Gasteiger partial charge in [0.1, 0.15) is 49.2 Å². The normalized spacial score (nSPS) is 27.1. The summed E-state index contributed by atoms with van der Waals surface area (Å²) in [7, 11) is 0. The van der Waals surface area contributed by atoms with Crippen molar-refractivity contribution in [3.05, 3.63) is 44.2 Å². The van der Waals surface area contributed by atoms with Gasteiger partial charge in [0.25, 0.3) is 5.56 Å². The minimum Gasteiger partial charge on any atom is -0.479 e. The quantitative estimate of drug-likeness (QED) is 0.103. The van der Waals surface area contributed by atoms with E-state index in [-0.39, 0.29) is 12.1 Å². The van der Waals surface area contributed by atoms with Crippen LogP contribution in [-0.4, -0.2) is 131 Å². The Kier molecular flexibility index (Phi) is 10.4. The SMILES string of the molecule is C/C=C1/CN(C(=O)[C@@H](NC(=O)[C@@H](N)[C@H](O)[C@@H](O)COC(N)=O)C2O[C@@H](n3cc(CO)c(=O)[nH]c3=O)[C@H](O)[C@@H]2O)[C@H]1C(=O)O. The summed E-state index contributed by atoms with van der Waals surface area (Å²) in [6, 6.07) is -5.47. The maximum absolute atomic E-state index is 13.6. The van der Waals surface area contributed by atoms with Crippen molar-refractivity contribution < 1.29 is 59.3 Å². The Morgan fingerprint density at radius 2 is 1.88 bits per heavy atom. The minimum absolute atomic E-state index is 0.204. The Labute approximate surface area is 240 Å². The third kappa shape index (κ3) is 6.74. The number of aliphatic carboxylic acids is 1. The smallest absolute Gasteiger partial charge is 0.404 e. The first kappa shape index (κ1) is 33.3. The summed E-state index contributed by atoms with van der Waals surface area (Å²) in [5.74, 6) is -3.89. The largest absolute Gasteiger partial charge is 0.479 e. The fraction of sp³-hybridized carbons (Fsp3) is 0.565. The highest BCUT2D eigenvalue weighted by Crippen LogP contribution is 2.33. The number of amides is 3. The van der Waals surface area contributed by atoms with Crippen LogP contribution in [0, 0.1) is 0 Å². The van der Waals surface area contributed by atoms with Crippen LogP contribution in [0.25, 0.3) is 0 Å². The van der Waals surface area contributed by atoms with Gasteiger partial charge in [-0.2, -0.15) is 0 Å². The molecule has 12 N–H and O–H groups in total. The number of nitrogens with two attached hydrogens (primary N) is 2. The first-order valence-corrected chi connectivity index (χ1v) is 12.6. The van der Waals surface area contributed by atoms with Crippen molar-refractivity contribution >= 4 is 23.9 Å². The summed E-state index contributed by atoms with van der Waals surface area (Å²) in [5, 5.41) is 63.0. The number of hydrogen-bond acceptors (Lipinski definition) is 14. The van der Waals surface area contributed by atoms with Gasteiger partial charge in [-0.25, -0.2) is 14.4 Å². The van der Waals surface area contributed by atoms with Gasteiger partial charge in [0.05, 0.1) is 12.2 Å². The van der Waals surface area contributed by atoms with Crippen LogP contribution in [0.2, 0.25) is 0 Å². The number of hydrogen-bond donors (Lipinski definition) is 10. The molecular weight excluding hydrogens is 584 g/mol. The standard InChI is InChI=1S/C23H32N6O14/c1-2-7-3-28(12(7)21(38)39)19(37)11(26-18(36)10(24)13(32)9(31)6-42-22(25)40)16-14(33)15(34)20(43-16)29-4-8(5-30)17(35)27-23(29)41/h2,4,9-16,20,30-34H,3,5-6,24H2,1H3,(H2,25,40)(H,26,36)(H,38,39)(H,27,35,41)/b7-2-/t9-,10-,11-,12+,13+,14-,15+,16?,20+/m0/s1. The van der Waals surface area contributed by atoms with Crippen molar-refractivity contribution in [1.29, 1.82) is 0 Å². The maximum Gasteiger partial charge on any atom is 0.404 e. The number of aliphatic hydroxyl groups excluding tert-OH is 5.